The van der Waals surface area contributed by atoms with Crippen LogP contribution >= 0.6 is 0 Å². The summed E-state index contributed by atoms with van der Waals surface area (Å²) in [5, 5.41) is 2.78. The van der Waals surface area contributed by atoms with Gasteiger partial charge in [0.2, 0.25) is 0 Å². The maximum atomic E-state index is 2.53. The third kappa shape index (κ3) is 2.34. The molecule has 1 aliphatic rings. The zero-order valence-electron chi connectivity index (χ0n) is 12.5. The molecule has 1 aromatic heterocycles. The molecule has 108 valence electrons. The summed E-state index contributed by atoms with van der Waals surface area (Å²) in [6, 6.07) is 17.7. The minimum atomic E-state index is 1.11. The van der Waals surface area contributed by atoms with Crippen LogP contribution in [0.5, 0.6) is 0 Å². The lowest BCUT2D eigenvalue weighted by molar-refractivity contribution is -0.921. The van der Waals surface area contributed by atoms with Gasteiger partial charge in [-0.05, 0) is 37.8 Å². The number of benzene rings is 2. The number of fused-ring (bicyclic) bond motifs is 3. The van der Waals surface area contributed by atoms with Gasteiger partial charge in [0.05, 0.1) is 24.1 Å². The Labute approximate surface area is 126 Å². The Hall–Kier alpha value is -1.80. The quantitative estimate of drug-likeness (QED) is 0.738. The van der Waals surface area contributed by atoms with Crippen LogP contribution in [-0.2, 0) is 6.67 Å². The molecule has 1 aliphatic heterocycles. The third-order valence-corrected chi connectivity index (χ3v) is 4.87. The standard InChI is InChI=1S/C19H22N2/c1-2-8-14-20(13-7-1)15-21-18-11-5-3-9-16(18)17-10-4-6-12-19(17)21/h3-6,9-12H,1-2,7-8,13-15H2/p+1. The lowest BCUT2D eigenvalue weighted by Gasteiger charge is -2.19. The van der Waals surface area contributed by atoms with Crippen LogP contribution in [-0.4, -0.2) is 17.7 Å². The van der Waals surface area contributed by atoms with E-state index in [4.69, 9.17) is 0 Å². The molecular weight excluding hydrogens is 256 g/mol. The van der Waals surface area contributed by atoms with Gasteiger partial charge in [0.1, 0.15) is 0 Å². The van der Waals surface area contributed by atoms with Gasteiger partial charge < -0.3 is 4.90 Å². The van der Waals surface area contributed by atoms with E-state index in [1.54, 1.807) is 4.90 Å². The first-order valence-electron chi connectivity index (χ1n) is 8.23. The predicted octanol–water partition coefficient (Wildman–Crippen LogP) is 3.21. The molecule has 1 N–H and O–H groups in total. The molecule has 0 saturated carbocycles. The van der Waals surface area contributed by atoms with Gasteiger partial charge >= 0.3 is 0 Å². The van der Waals surface area contributed by atoms with E-state index in [1.807, 2.05) is 0 Å². The summed E-state index contributed by atoms with van der Waals surface area (Å²) in [4.78, 5) is 1.74. The van der Waals surface area contributed by atoms with Crippen molar-refractivity contribution in [3.63, 3.8) is 0 Å². The first-order chi connectivity index (χ1) is 10.4. The average Bonchev–Trinajstić information content (AvgIpc) is 2.68. The van der Waals surface area contributed by atoms with Crippen LogP contribution in [0.4, 0.5) is 0 Å². The van der Waals surface area contributed by atoms with Gasteiger partial charge in [0, 0.05) is 10.8 Å². The summed E-state index contributed by atoms with van der Waals surface area (Å²) in [7, 11) is 0. The summed E-state index contributed by atoms with van der Waals surface area (Å²) in [5.41, 5.74) is 2.77. The fraction of sp³-hybridized carbons (Fsp3) is 0.368. The maximum absolute atomic E-state index is 2.53. The van der Waals surface area contributed by atoms with Crippen LogP contribution in [0.3, 0.4) is 0 Å². The van der Waals surface area contributed by atoms with E-state index < -0.39 is 0 Å². The van der Waals surface area contributed by atoms with Crippen molar-refractivity contribution in [2.45, 2.75) is 32.4 Å². The van der Waals surface area contributed by atoms with E-state index in [9.17, 15) is 0 Å². The molecule has 0 bridgehead atoms. The molecule has 2 heteroatoms. The van der Waals surface area contributed by atoms with Gasteiger partial charge in [-0.1, -0.05) is 36.4 Å². The van der Waals surface area contributed by atoms with Crippen molar-refractivity contribution >= 4 is 21.8 Å². The van der Waals surface area contributed by atoms with Crippen molar-refractivity contribution in [2.24, 2.45) is 0 Å². The molecule has 0 unspecified atom stereocenters. The normalized spacial score (nSPS) is 17.3. The minimum Gasteiger partial charge on any atom is -0.318 e. The van der Waals surface area contributed by atoms with Crippen LogP contribution in [0.15, 0.2) is 48.5 Å². The number of aromatic nitrogens is 1. The van der Waals surface area contributed by atoms with E-state index in [0.717, 1.165) is 6.67 Å². The van der Waals surface area contributed by atoms with Crippen molar-refractivity contribution < 1.29 is 4.90 Å². The molecule has 21 heavy (non-hydrogen) atoms. The smallest absolute Gasteiger partial charge is 0.157 e. The van der Waals surface area contributed by atoms with Crippen molar-refractivity contribution in [1.29, 1.82) is 0 Å². The van der Waals surface area contributed by atoms with E-state index in [0.29, 0.717) is 0 Å². The van der Waals surface area contributed by atoms with Gasteiger partial charge in [-0.25, -0.2) is 0 Å². The number of rotatable bonds is 2. The molecule has 1 saturated heterocycles. The Morgan fingerprint density at radius 2 is 1.24 bits per heavy atom. The molecule has 0 aliphatic carbocycles. The van der Waals surface area contributed by atoms with Crippen LogP contribution in [0, 0.1) is 0 Å². The molecule has 2 heterocycles. The zero-order chi connectivity index (χ0) is 14.1. The van der Waals surface area contributed by atoms with Gasteiger partial charge in [-0.3, -0.25) is 4.57 Å². The summed E-state index contributed by atoms with van der Waals surface area (Å²) in [5.74, 6) is 0. The highest BCUT2D eigenvalue weighted by Crippen LogP contribution is 2.27. The first-order valence-corrected chi connectivity index (χ1v) is 8.23. The van der Waals surface area contributed by atoms with Crippen LogP contribution < -0.4 is 4.90 Å². The highest BCUT2D eigenvalue weighted by atomic mass is 15.2. The molecule has 3 aromatic rings. The second kappa shape index (κ2) is 5.53. The van der Waals surface area contributed by atoms with Crippen molar-refractivity contribution in [3.05, 3.63) is 48.5 Å². The largest absolute Gasteiger partial charge is 0.318 e. The molecule has 0 amide bonds. The highest BCUT2D eigenvalue weighted by Gasteiger charge is 2.16. The number of quaternary nitrogens is 1. The Kier molecular flexibility index (Phi) is 3.40. The van der Waals surface area contributed by atoms with Gasteiger partial charge in [0.25, 0.3) is 0 Å². The van der Waals surface area contributed by atoms with Crippen molar-refractivity contribution in [3.8, 4) is 0 Å². The molecular formula is C19H23N2+. The number of hydrogen-bond donors (Lipinski definition) is 1. The number of nitrogens with one attached hydrogen (secondary N) is 1. The Morgan fingerprint density at radius 3 is 1.81 bits per heavy atom. The molecule has 1 fully saturated rings. The second-order valence-corrected chi connectivity index (χ2v) is 6.28. The Morgan fingerprint density at radius 1 is 0.714 bits per heavy atom. The summed E-state index contributed by atoms with van der Waals surface area (Å²) >= 11 is 0. The van der Waals surface area contributed by atoms with Crippen molar-refractivity contribution in [2.75, 3.05) is 13.1 Å². The van der Waals surface area contributed by atoms with Crippen LogP contribution in [0.1, 0.15) is 25.7 Å². The maximum Gasteiger partial charge on any atom is 0.157 e. The monoisotopic (exact) mass is 279 g/mol. The molecule has 2 nitrogen and oxygen atoms in total. The summed E-state index contributed by atoms with van der Waals surface area (Å²) in [6.07, 6.45) is 5.59. The number of nitrogens with zero attached hydrogens (tertiary/aromatic N) is 1. The van der Waals surface area contributed by atoms with Crippen molar-refractivity contribution in [1.82, 2.24) is 4.57 Å². The van der Waals surface area contributed by atoms with Gasteiger partial charge in [-0.2, -0.15) is 0 Å². The molecule has 4 rings (SSSR count). The van der Waals surface area contributed by atoms with Gasteiger partial charge in [0.15, 0.2) is 6.67 Å². The van der Waals surface area contributed by atoms with E-state index in [2.05, 4.69) is 53.1 Å². The topological polar surface area (TPSA) is 9.37 Å². The van der Waals surface area contributed by atoms with E-state index >= 15 is 0 Å². The predicted molar refractivity (Wildman–Crippen MR) is 88.6 cm³/mol. The Balaban J connectivity index is 1.81. The molecule has 0 spiro atoms. The fourth-order valence-electron chi connectivity index (χ4n) is 3.78. The highest BCUT2D eigenvalue weighted by molar-refractivity contribution is 6.07. The SMILES string of the molecule is c1ccc2c(c1)c1ccccc1n2C[NH+]1CCCCCC1. The lowest BCUT2D eigenvalue weighted by Crippen LogP contribution is -3.11. The zero-order valence-corrected chi connectivity index (χ0v) is 12.5. The molecule has 0 atom stereocenters. The van der Waals surface area contributed by atoms with Crippen LogP contribution in [0.2, 0.25) is 0 Å². The van der Waals surface area contributed by atoms with Crippen LogP contribution in [0.25, 0.3) is 21.8 Å². The third-order valence-electron chi connectivity index (χ3n) is 4.87. The molecule has 2 aromatic carbocycles. The second-order valence-electron chi connectivity index (χ2n) is 6.28. The number of para-hydroxylation sites is 2. The first kappa shape index (κ1) is 12.9. The van der Waals surface area contributed by atoms with E-state index in [1.165, 1.54) is 60.6 Å². The van der Waals surface area contributed by atoms with E-state index in [-0.39, 0.29) is 0 Å². The number of hydrogen-bond acceptors (Lipinski definition) is 0. The summed E-state index contributed by atoms with van der Waals surface area (Å²) < 4.78 is 2.53. The summed E-state index contributed by atoms with van der Waals surface area (Å²) in [6.45, 7) is 3.75. The fourth-order valence-corrected chi connectivity index (χ4v) is 3.78. The number of likely N-dealkylation sites (tertiary alicyclic amines) is 1. The minimum absolute atomic E-state index is 1.11. The lowest BCUT2D eigenvalue weighted by atomic mass is 10.2. The van der Waals surface area contributed by atoms with Gasteiger partial charge in [-0.15, -0.1) is 0 Å². The molecule has 0 radical (unpaired) electrons. The average molecular weight is 279 g/mol. The Bertz CT molecular complexity index is 695.